The second-order valence-corrected chi connectivity index (χ2v) is 18.7. The summed E-state index contributed by atoms with van der Waals surface area (Å²) in [5.41, 5.74) is 0.661. The Bertz CT molecular complexity index is 2760. The largest absolute Gasteiger partial charge is 0.457 e. The number of hydrogen-bond donors (Lipinski definition) is 3. The summed E-state index contributed by atoms with van der Waals surface area (Å²) in [5.74, 6) is -8.76. The third-order valence-electron chi connectivity index (χ3n) is 12.4. The zero-order valence-electron chi connectivity index (χ0n) is 38.4. The summed E-state index contributed by atoms with van der Waals surface area (Å²) in [6.07, 6.45) is 1.88. The van der Waals surface area contributed by atoms with Gasteiger partial charge in [-0.1, -0.05) is 79.5 Å². The Morgan fingerprint density at radius 2 is 1.65 bits per heavy atom. The van der Waals surface area contributed by atoms with Crippen molar-refractivity contribution in [1.82, 2.24) is 30.4 Å². The molecule has 3 N–H and O–H groups in total. The summed E-state index contributed by atoms with van der Waals surface area (Å²) in [6.45, 7) is 3.96. The number of carbonyl (C=O) groups excluding carboxylic acids is 7. The molecule has 5 amide bonds. The molecular weight excluding hydrogens is 962 g/mol. The Balaban J connectivity index is 0.965. The highest BCUT2D eigenvalue weighted by Crippen LogP contribution is 2.42. The molecule has 16 nitrogen and oxygen atoms in total. The molecule has 0 saturated heterocycles. The van der Waals surface area contributed by atoms with E-state index in [9.17, 15) is 38.4 Å². The van der Waals surface area contributed by atoms with Gasteiger partial charge in [-0.2, -0.15) is 0 Å². The predicted octanol–water partition coefficient (Wildman–Crippen LogP) is 5.67. The predicted molar refractivity (Wildman–Crippen MR) is 251 cm³/mol. The minimum absolute atomic E-state index is 0.0409. The van der Waals surface area contributed by atoms with Gasteiger partial charge in [0.05, 0.1) is 42.0 Å². The van der Waals surface area contributed by atoms with Gasteiger partial charge in [-0.25, -0.2) is 18.6 Å². The van der Waals surface area contributed by atoms with Crippen LogP contribution in [0.4, 0.5) is 8.78 Å². The van der Waals surface area contributed by atoms with Gasteiger partial charge in [0.2, 0.25) is 23.3 Å². The number of fused-ring (bicyclic) bond motifs is 5. The van der Waals surface area contributed by atoms with E-state index in [0.717, 1.165) is 20.3 Å². The second-order valence-electron chi connectivity index (χ2n) is 17.9. The first kappa shape index (κ1) is 50.3. The van der Waals surface area contributed by atoms with Crippen LogP contribution in [0.3, 0.4) is 0 Å². The number of carbonyl (C=O) groups is 7. The van der Waals surface area contributed by atoms with Crippen LogP contribution in [-0.4, -0.2) is 87.0 Å². The lowest BCUT2D eigenvalue weighted by molar-refractivity contribution is -0.190. The molecule has 2 aromatic heterocycles. The van der Waals surface area contributed by atoms with E-state index in [-0.39, 0.29) is 74.2 Å². The molecular formula is C50H53BrF2N6O10. The van der Waals surface area contributed by atoms with Gasteiger partial charge in [0.1, 0.15) is 18.7 Å². The average Bonchev–Trinajstić information content (AvgIpc) is 3.84. The van der Waals surface area contributed by atoms with Crippen LogP contribution >= 0.6 is 15.9 Å². The van der Waals surface area contributed by atoms with E-state index in [1.807, 2.05) is 24.3 Å². The number of nitrogens with one attached hydrogen (secondary N) is 3. The summed E-state index contributed by atoms with van der Waals surface area (Å²) < 4.78 is 44.5. The van der Waals surface area contributed by atoms with Crippen LogP contribution in [0.25, 0.3) is 22.3 Å². The molecule has 3 aliphatic heterocycles. The number of nitrogens with zero attached hydrogens (tertiary/aromatic N) is 3. The quantitative estimate of drug-likeness (QED) is 0.0463. The number of benzene rings is 2. The lowest BCUT2D eigenvalue weighted by Crippen LogP contribution is -2.55. The van der Waals surface area contributed by atoms with Crippen molar-refractivity contribution >= 4 is 68.3 Å². The second kappa shape index (κ2) is 21.3. The van der Waals surface area contributed by atoms with Crippen molar-refractivity contribution in [3.05, 3.63) is 110 Å². The van der Waals surface area contributed by atoms with Crippen LogP contribution in [0.2, 0.25) is 0 Å². The molecule has 0 aliphatic carbocycles. The van der Waals surface area contributed by atoms with Crippen LogP contribution in [0.1, 0.15) is 94.4 Å². The van der Waals surface area contributed by atoms with E-state index in [1.165, 1.54) is 16.7 Å². The fraction of sp³-hybridized carbons (Fsp3) is 0.420. The summed E-state index contributed by atoms with van der Waals surface area (Å²) >= 11 is 3.54. The molecule has 0 fully saturated rings. The number of esters is 2. The number of alkyl halides is 2. The monoisotopic (exact) mass is 1010 g/mol. The van der Waals surface area contributed by atoms with E-state index in [1.54, 1.807) is 57.2 Å². The lowest BCUT2D eigenvalue weighted by Gasteiger charge is -2.35. The van der Waals surface area contributed by atoms with Crippen molar-refractivity contribution in [3.8, 4) is 11.4 Å². The molecule has 7 rings (SSSR count). The molecule has 2 aromatic carbocycles. The zero-order chi connectivity index (χ0) is 49.6. The van der Waals surface area contributed by atoms with Crippen molar-refractivity contribution < 1.29 is 51.8 Å². The first-order valence-corrected chi connectivity index (χ1v) is 23.8. The van der Waals surface area contributed by atoms with E-state index in [2.05, 4.69) is 31.9 Å². The van der Waals surface area contributed by atoms with Crippen molar-refractivity contribution in [2.75, 3.05) is 13.1 Å². The molecule has 5 heterocycles. The molecule has 0 bridgehead atoms. The van der Waals surface area contributed by atoms with Crippen LogP contribution in [-0.2, 0) is 68.2 Å². The van der Waals surface area contributed by atoms with Crippen molar-refractivity contribution in [1.29, 1.82) is 0 Å². The Labute approximate surface area is 404 Å². The highest BCUT2D eigenvalue weighted by Gasteiger charge is 2.51. The lowest BCUT2D eigenvalue weighted by atomic mass is 9.85. The van der Waals surface area contributed by atoms with Crippen molar-refractivity contribution in [3.63, 3.8) is 0 Å². The van der Waals surface area contributed by atoms with Crippen molar-refractivity contribution in [2.45, 2.75) is 115 Å². The molecule has 3 atom stereocenters. The molecule has 3 aliphatic rings. The Morgan fingerprint density at radius 1 is 0.913 bits per heavy atom. The van der Waals surface area contributed by atoms with Crippen LogP contribution in [0.5, 0.6) is 0 Å². The maximum absolute atomic E-state index is 15.5. The molecule has 0 unspecified atom stereocenters. The van der Waals surface area contributed by atoms with Crippen LogP contribution < -0.4 is 21.5 Å². The van der Waals surface area contributed by atoms with Crippen LogP contribution in [0, 0.1) is 5.92 Å². The highest BCUT2D eigenvalue weighted by molar-refractivity contribution is 9.10. The first-order chi connectivity index (χ1) is 32.9. The molecule has 4 aromatic rings. The molecule has 0 radical (unpaired) electrons. The summed E-state index contributed by atoms with van der Waals surface area (Å²) in [6, 6.07) is 15.5. The number of rotatable bonds is 21. The number of hydrogen-bond acceptors (Lipinski definition) is 11. The van der Waals surface area contributed by atoms with Crippen LogP contribution in [0.15, 0.2) is 82.1 Å². The number of halogens is 3. The smallest absolute Gasteiger partial charge is 0.355 e. The van der Waals surface area contributed by atoms with E-state index >= 15 is 8.78 Å². The number of amides is 5. The SMILES string of the molecule is CC[C@@]1(OC(=O)CCC(F)(F)CNC(=O)[C@H](CC(C)C)NC(=O)[C@H](Cc2ccccc2)NC(=O)CCCCCN2C(=O)C=CC2=O)C(=O)OCc2c1cc1n(c2=O)Cc2cc3c(Br)cccc3nc2-1. The van der Waals surface area contributed by atoms with Gasteiger partial charge < -0.3 is 30.0 Å². The highest BCUT2D eigenvalue weighted by atomic mass is 79.9. The Kier molecular flexibility index (Phi) is 15.5. The summed E-state index contributed by atoms with van der Waals surface area (Å²) in [5, 5.41) is 8.44. The Morgan fingerprint density at radius 3 is 2.36 bits per heavy atom. The number of ether oxygens (including phenoxy) is 2. The Hall–Kier alpha value is -6.63. The minimum atomic E-state index is -3.65. The van der Waals surface area contributed by atoms with Gasteiger partial charge in [0.25, 0.3) is 23.3 Å². The third-order valence-corrected chi connectivity index (χ3v) is 13.1. The van der Waals surface area contributed by atoms with Gasteiger partial charge in [-0.15, -0.1) is 0 Å². The number of pyridine rings is 2. The van der Waals surface area contributed by atoms with E-state index < -0.39 is 78.2 Å². The molecule has 0 saturated carbocycles. The minimum Gasteiger partial charge on any atom is -0.457 e. The number of unbranched alkanes of at least 4 members (excludes halogenated alkanes) is 2. The number of imide groups is 1. The summed E-state index contributed by atoms with van der Waals surface area (Å²) in [7, 11) is 0. The van der Waals surface area contributed by atoms with Gasteiger partial charge in [0, 0.05) is 58.9 Å². The van der Waals surface area contributed by atoms with Crippen molar-refractivity contribution in [2.24, 2.45) is 5.92 Å². The maximum atomic E-state index is 15.5. The fourth-order valence-corrected chi connectivity index (χ4v) is 9.24. The van der Waals surface area contributed by atoms with Gasteiger partial charge in [-0.3, -0.25) is 38.5 Å². The first-order valence-electron chi connectivity index (χ1n) is 23.0. The number of aromatic nitrogens is 2. The van der Waals surface area contributed by atoms with Gasteiger partial charge >= 0.3 is 11.9 Å². The van der Waals surface area contributed by atoms with E-state index in [0.29, 0.717) is 41.7 Å². The normalized spacial score (nSPS) is 17.0. The summed E-state index contributed by atoms with van der Waals surface area (Å²) in [4.78, 5) is 111. The van der Waals surface area contributed by atoms with Gasteiger partial charge in [-0.05, 0) is 61.4 Å². The topological polar surface area (TPSA) is 212 Å². The fourth-order valence-electron chi connectivity index (χ4n) is 8.77. The maximum Gasteiger partial charge on any atom is 0.355 e. The zero-order valence-corrected chi connectivity index (χ0v) is 40.0. The molecule has 364 valence electrons. The molecule has 0 spiro atoms. The molecule has 69 heavy (non-hydrogen) atoms. The average molecular weight is 1020 g/mol. The standard InChI is InChI=1S/C50H53BrF2N6O10/c1-4-50(34-25-39-44-31(24-32-35(51)14-11-15-36(32)56-44)26-59(39)47(66)33(34)27-68-48(50)67)69-43(63)19-20-49(52,53)28-54-45(64)37(22-29(2)3)57-46(65)38(23-30-12-7-5-8-13-30)55-40(60)16-9-6-10-21-58-41(61)17-18-42(58)62/h5,7-8,11-15,17-18,24-25,29,37-38H,4,6,9-10,16,19-23,26-28H2,1-3H3,(H,54,64)(H,55,60)(H,57,65)/t37-,38-,50-/m0/s1. The van der Waals surface area contributed by atoms with E-state index in [4.69, 9.17) is 14.5 Å². The number of cyclic esters (lactones) is 1. The third kappa shape index (κ3) is 11.5. The molecule has 19 heteroatoms. The van der Waals surface area contributed by atoms with Gasteiger partial charge in [0.15, 0.2) is 0 Å².